The molecule has 0 N–H and O–H groups in total. The molecule has 3 aromatic rings. The Bertz CT molecular complexity index is 1090. The number of hydrogen-bond acceptors (Lipinski definition) is 8. The number of methoxy groups -OCH3 is 3. The minimum absolute atomic E-state index is 0.0462. The maximum atomic E-state index is 13.3. The second-order valence-corrected chi connectivity index (χ2v) is 8.73. The lowest BCUT2D eigenvalue weighted by atomic mass is 10.1. The van der Waals surface area contributed by atoms with Crippen LogP contribution in [0.5, 0.6) is 11.6 Å². The standard InChI is InChI=1S/C23H28N4O4S/c1-15-19-21(31-4)24-18(14-29-2)25-22(19)32-20(15)23(28)27-11-9-26(10-12-27)13-16-5-7-17(30-3)8-6-16/h5-8H,9-14H2,1-4H3. The Labute approximate surface area is 191 Å². The van der Waals surface area contributed by atoms with Crippen molar-refractivity contribution >= 4 is 27.5 Å². The molecule has 1 aliphatic rings. The van der Waals surface area contributed by atoms with Crippen molar-refractivity contribution in [1.29, 1.82) is 0 Å². The van der Waals surface area contributed by atoms with E-state index in [9.17, 15) is 4.79 Å². The first kappa shape index (κ1) is 22.4. The third-order valence-electron chi connectivity index (χ3n) is 5.69. The molecule has 0 radical (unpaired) electrons. The zero-order valence-electron chi connectivity index (χ0n) is 18.9. The predicted octanol–water partition coefficient (Wildman–Crippen LogP) is 3.12. The second kappa shape index (κ2) is 9.81. The summed E-state index contributed by atoms with van der Waals surface area (Å²) in [6.45, 7) is 6.16. The van der Waals surface area contributed by atoms with Crippen molar-refractivity contribution in [2.24, 2.45) is 0 Å². The quantitative estimate of drug-likeness (QED) is 0.541. The van der Waals surface area contributed by atoms with Crippen LogP contribution >= 0.6 is 11.3 Å². The van der Waals surface area contributed by atoms with E-state index in [-0.39, 0.29) is 5.91 Å². The monoisotopic (exact) mass is 456 g/mol. The maximum Gasteiger partial charge on any atom is 0.264 e. The van der Waals surface area contributed by atoms with E-state index in [2.05, 4.69) is 27.0 Å². The number of hydrogen-bond donors (Lipinski definition) is 0. The SMILES string of the molecule is COCc1nc(OC)c2c(C)c(C(=O)N3CCN(Cc4ccc(OC)cc4)CC3)sc2n1. The third-order valence-corrected chi connectivity index (χ3v) is 6.86. The number of nitrogens with zero attached hydrogens (tertiary/aromatic N) is 4. The highest BCUT2D eigenvalue weighted by atomic mass is 32.1. The number of carbonyl (C=O) groups is 1. The largest absolute Gasteiger partial charge is 0.497 e. The van der Waals surface area contributed by atoms with Crippen molar-refractivity contribution in [3.8, 4) is 11.6 Å². The van der Waals surface area contributed by atoms with Crippen LogP contribution in [0.2, 0.25) is 0 Å². The smallest absolute Gasteiger partial charge is 0.264 e. The Kier molecular flexibility index (Phi) is 6.88. The minimum Gasteiger partial charge on any atom is -0.497 e. The predicted molar refractivity (Wildman–Crippen MR) is 124 cm³/mol. The van der Waals surface area contributed by atoms with Crippen molar-refractivity contribution < 1.29 is 19.0 Å². The lowest BCUT2D eigenvalue weighted by Gasteiger charge is -2.34. The molecule has 1 aliphatic heterocycles. The van der Waals surface area contributed by atoms with Gasteiger partial charge < -0.3 is 19.1 Å². The van der Waals surface area contributed by atoms with Gasteiger partial charge in [-0.3, -0.25) is 9.69 Å². The summed E-state index contributed by atoms with van der Waals surface area (Å²) in [5, 5.41) is 0.804. The van der Waals surface area contributed by atoms with Gasteiger partial charge in [0.2, 0.25) is 5.88 Å². The molecule has 0 aliphatic carbocycles. The average molecular weight is 457 g/mol. The summed E-state index contributed by atoms with van der Waals surface area (Å²) in [4.78, 5) is 28.1. The molecule has 0 bridgehead atoms. The van der Waals surface area contributed by atoms with Crippen LogP contribution in [0.3, 0.4) is 0 Å². The van der Waals surface area contributed by atoms with Crippen LogP contribution in [-0.4, -0.2) is 73.2 Å². The highest BCUT2D eigenvalue weighted by Crippen LogP contribution is 2.35. The normalized spacial score (nSPS) is 14.7. The molecular weight excluding hydrogens is 428 g/mol. The first-order valence-corrected chi connectivity index (χ1v) is 11.3. The van der Waals surface area contributed by atoms with Crippen molar-refractivity contribution in [3.63, 3.8) is 0 Å². The molecule has 0 spiro atoms. The Morgan fingerprint density at radius 1 is 1.03 bits per heavy atom. The van der Waals surface area contributed by atoms with E-state index in [0.29, 0.717) is 36.3 Å². The summed E-state index contributed by atoms with van der Waals surface area (Å²) in [6, 6.07) is 8.13. The summed E-state index contributed by atoms with van der Waals surface area (Å²) in [6.07, 6.45) is 0. The van der Waals surface area contributed by atoms with Gasteiger partial charge in [0.05, 0.1) is 24.5 Å². The lowest BCUT2D eigenvalue weighted by Crippen LogP contribution is -2.48. The Morgan fingerprint density at radius 3 is 2.38 bits per heavy atom. The van der Waals surface area contributed by atoms with Gasteiger partial charge >= 0.3 is 0 Å². The lowest BCUT2D eigenvalue weighted by molar-refractivity contribution is 0.0632. The summed E-state index contributed by atoms with van der Waals surface area (Å²) in [5.41, 5.74) is 2.11. The van der Waals surface area contributed by atoms with Gasteiger partial charge in [-0.05, 0) is 30.2 Å². The molecule has 1 saturated heterocycles. The highest BCUT2D eigenvalue weighted by Gasteiger charge is 2.27. The molecule has 2 aromatic heterocycles. The van der Waals surface area contributed by atoms with E-state index in [4.69, 9.17) is 14.2 Å². The number of piperazine rings is 1. The van der Waals surface area contributed by atoms with E-state index in [0.717, 1.165) is 41.2 Å². The summed E-state index contributed by atoms with van der Waals surface area (Å²) >= 11 is 1.40. The average Bonchev–Trinajstić information content (AvgIpc) is 3.15. The molecular formula is C23H28N4O4S. The van der Waals surface area contributed by atoms with Crippen molar-refractivity contribution in [2.45, 2.75) is 20.1 Å². The van der Waals surface area contributed by atoms with Crippen molar-refractivity contribution in [3.05, 3.63) is 46.1 Å². The fraction of sp³-hybridized carbons (Fsp3) is 0.435. The van der Waals surface area contributed by atoms with Crippen molar-refractivity contribution in [2.75, 3.05) is 47.5 Å². The van der Waals surface area contributed by atoms with Gasteiger partial charge in [0.1, 0.15) is 17.2 Å². The van der Waals surface area contributed by atoms with Crippen molar-refractivity contribution in [1.82, 2.24) is 19.8 Å². The van der Waals surface area contributed by atoms with Gasteiger partial charge in [-0.25, -0.2) is 4.98 Å². The van der Waals surface area contributed by atoms with Gasteiger partial charge in [-0.15, -0.1) is 11.3 Å². The zero-order chi connectivity index (χ0) is 22.7. The van der Waals surface area contributed by atoms with Crippen LogP contribution in [0.15, 0.2) is 24.3 Å². The van der Waals surface area contributed by atoms with Gasteiger partial charge in [-0.2, -0.15) is 4.98 Å². The zero-order valence-corrected chi connectivity index (χ0v) is 19.7. The van der Waals surface area contributed by atoms with E-state index in [1.165, 1.54) is 16.9 Å². The van der Waals surface area contributed by atoms with Gasteiger partial charge in [0.25, 0.3) is 5.91 Å². The summed E-state index contributed by atoms with van der Waals surface area (Å²) in [7, 11) is 4.85. The van der Waals surface area contributed by atoms with Crippen LogP contribution in [0.25, 0.3) is 10.2 Å². The van der Waals surface area contributed by atoms with Crippen LogP contribution < -0.4 is 9.47 Å². The number of amides is 1. The molecule has 0 unspecified atom stereocenters. The molecule has 170 valence electrons. The van der Waals surface area contributed by atoms with E-state index in [1.807, 2.05) is 24.0 Å². The first-order valence-electron chi connectivity index (χ1n) is 10.5. The highest BCUT2D eigenvalue weighted by molar-refractivity contribution is 7.20. The molecule has 1 amide bonds. The molecule has 4 rings (SSSR count). The first-order chi connectivity index (χ1) is 15.5. The van der Waals surface area contributed by atoms with E-state index in [1.54, 1.807) is 21.3 Å². The molecule has 0 saturated carbocycles. The topological polar surface area (TPSA) is 77.0 Å². The van der Waals surface area contributed by atoms with Crippen LogP contribution in [0.1, 0.15) is 26.6 Å². The van der Waals surface area contributed by atoms with Crippen LogP contribution in [0.4, 0.5) is 0 Å². The minimum atomic E-state index is 0.0462. The number of thiophene rings is 1. The Balaban J connectivity index is 1.46. The number of carbonyl (C=O) groups excluding carboxylic acids is 1. The maximum absolute atomic E-state index is 13.3. The summed E-state index contributed by atoms with van der Waals surface area (Å²) in [5.74, 6) is 1.94. The number of benzene rings is 1. The van der Waals surface area contributed by atoms with Crippen LogP contribution in [-0.2, 0) is 17.9 Å². The Morgan fingerprint density at radius 2 is 1.75 bits per heavy atom. The van der Waals surface area contributed by atoms with E-state index >= 15 is 0 Å². The molecule has 1 fully saturated rings. The third kappa shape index (κ3) is 4.55. The number of ether oxygens (including phenoxy) is 3. The number of fused-ring (bicyclic) bond motifs is 1. The Hall–Kier alpha value is -2.75. The van der Waals surface area contributed by atoms with Gasteiger partial charge in [-0.1, -0.05) is 12.1 Å². The van der Waals surface area contributed by atoms with E-state index < -0.39 is 0 Å². The molecule has 0 atom stereocenters. The molecule has 9 heteroatoms. The van der Waals surface area contributed by atoms with Crippen LogP contribution in [0, 0.1) is 6.92 Å². The molecule has 1 aromatic carbocycles. The van der Waals surface area contributed by atoms with Gasteiger partial charge in [0, 0.05) is 39.8 Å². The molecule has 3 heterocycles. The molecule has 32 heavy (non-hydrogen) atoms. The number of aryl methyl sites for hydroxylation is 1. The fourth-order valence-electron chi connectivity index (χ4n) is 3.93. The summed E-state index contributed by atoms with van der Waals surface area (Å²) < 4.78 is 15.9. The number of aromatic nitrogens is 2. The molecule has 8 nitrogen and oxygen atoms in total. The van der Waals surface area contributed by atoms with Gasteiger partial charge in [0.15, 0.2) is 5.82 Å². The fourth-order valence-corrected chi connectivity index (χ4v) is 5.09. The number of rotatable bonds is 7. The second-order valence-electron chi connectivity index (χ2n) is 7.73.